The molecule has 23 heavy (non-hydrogen) atoms. The molecule has 122 valence electrons. The van der Waals surface area contributed by atoms with Crippen molar-refractivity contribution in [1.82, 2.24) is 4.98 Å². The van der Waals surface area contributed by atoms with Crippen LogP contribution in [0.25, 0.3) is 0 Å². The van der Waals surface area contributed by atoms with Crippen LogP contribution in [0.3, 0.4) is 0 Å². The summed E-state index contributed by atoms with van der Waals surface area (Å²) in [5.41, 5.74) is 3.19. The largest absolute Gasteiger partial charge is 0.385 e. The van der Waals surface area contributed by atoms with E-state index in [0.717, 1.165) is 34.4 Å². The number of anilines is 2. The van der Waals surface area contributed by atoms with Crippen LogP contribution in [-0.2, 0) is 0 Å². The quantitative estimate of drug-likeness (QED) is 0.668. The number of aryl methyl sites for hydroxylation is 1. The number of halogens is 1. The molecular weight excluding hydrogens is 354 g/mol. The lowest BCUT2D eigenvalue weighted by Crippen LogP contribution is -2.14. The molecule has 1 aromatic heterocycles. The number of pyridine rings is 1. The number of rotatable bonds is 7. The summed E-state index contributed by atoms with van der Waals surface area (Å²) in [7, 11) is 0. The van der Waals surface area contributed by atoms with E-state index in [1.807, 2.05) is 31.2 Å². The number of carbonyl (C=O) groups excluding carboxylic acids is 1. The second-order valence-corrected chi connectivity index (χ2v) is 6.36. The van der Waals surface area contributed by atoms with Crippen molar-refractivity contribution >= 4 is 33.2 Å². The van der Waals surface area contributed by atoms with Gasteiger partial charge in [-0.1, -0.05) is 25.8 Å². The fraction of sp³-hybridized carbons (Fsp3) is 0.333. The first-order chi connectivity index (χ1) is 11.1. The number of hydrogen-bond donors (Lipinski definition) is 2. The highest BCUT2D eigenvalue weighted by atomic mass is 79.9. The van der Waals surface area contributed by atoms with Crippen LogP contribution < -0.4 is 10.6 Å². The summed E-state index contributed by atoms with van der Waals surface area (Å²) in [5.74, 6) is -0.216. The number of nitrogens with one attached hydrogen (secondary N) is 2. The molecule has 1 heterocycles. The van der Waals surface area contributed by atoms with E-state index in [9.17, 15) is 4.79 Å². The molecule has 0 bridgehead atoms. The van der Waals surface area contributed by atoms with Gasteiger partial charge in [0.05, 0.1) is 5.69 Å². The molecule has 2 aromatic rings. The predicted octanol–water partition coefficient (Wildman–Crippen LogP) is 5.01. The minimum absolute atomic E-state index is 0.216. The highest BCUT2D eigenvalue weighted by Gasteiger charge is 2.10. The van der Waals surface area contributed by atoms with Gasteiger partial charge in [-0.25, -0.2) is 0 Å². The molecular formula is C18H22BrN3O. The molecule has 4 nitrogen and oxygen atoms in total. The predicted molar refractivity (Wildman–Crippen MR) is 99.1 cm³/mol. The van der Waals surface area contributed by atoms with Crippen LogP contribution in [0, 0.1) is 6.92 Å². The molecule has 0 aliphatic carbocycles. The second kappa shape index (κ2) is 8.67. The van der Waals surface area contributed by atoms with E-state index in [4.69, 9.17) is 0 Å². The molecule has 0 saturated carbocycles. The summed E-state index contributed by atoms with van der Waals surface area (Å²) in [4.78, 5) is 16.5. The van der Waals surface area contributed by atoms with Crippen LogP contribution in [-0.4, -0.2) is 17.4 Å². The minimum atomic E-state index is -0.216. The first kappa shape index (κ1) is 17.5. The Morgan fingerprint density at radius 2 is 2.04 bits per heavy atom. The molecule has 0 aliphatic heterocycles. The van der Waals surface area contributed by atoms with Crippen LogP contribution in [0.15, 0.2) is 41.0 Å². The number of aromatic nitrogens is 1. The summed E-state index contributed by atoms with van der Waals surface area (Å²) in [5, 5.41) is 6.21. The molecule has 5 heteroatoms. The normalized spacial score (nSPS) is 10.4. The third-order valence-electron chi connectivity index (χ3n) is 3.47. The van der Waals surface area contributed by atoms with Crippen molar-refractivity contribution in [3.8, 4) is 0 Å². The van der Waals surface area contributed by atoms with Gasteiger partial charge in [-0.3, -0.25) is 9.78 Å². The van der Waals surface area contributed by atoms with Gasteiger partial charge in [0.15, 0.2) is 0 Å². The lowest BCUT2D eigenvalue weighted by atomic mass is 10.2. The molecule has 1 amide bonds. The molecule has 0 aliphatic rings. The topological polar surface area (TPSA) is 54.0 Å². The zero-order valence-electron chi connectivity index (χ0n) is 13.5. The molecule has 0 atom stereocenters. The van der Waals surface area contributed by atoms with Gasteiger partial charge in [0, 0.05) is 22.9 Å². The summed E-state index contributed by atoms with van der Waals surface area (Å²) < 4.78 is 0.861. The van der Waals surface area contributed by atoms with Gasteiger partial charge in [-0.15, -0.1) is 0 Å². The number of amides is 1. The third-order valence-corrected chi connectivity index (χ3v) is 4.13. The summed E-state index contributed by atoms with van der Waals surface area (Å²) in [6, 6.07) is 9.46. The lowest BCUT2D eigenvalue weighted by molar-refractivity contribution is 0.102. The van der Waals surface area contributed by atoms with Crippen LogP contribution >= 0.6 is 15.9 Å². The Hall–Kier alpha value is -1.88. The van der Waals surface area contributed by atoms with Crippen molar-refractivity contribution in [2.24, 2.45) is 0 Å². The number of nitrogens with zero attached hydrogens (tertiary/aromatic N) is 1. The van der Waals surface area contributed by atoms with Gasteiger partial charge >= 0.3 is 0 Å². The standard InChI is InChI=1S/C18H22BrN3O/c1-3-4-5-9-20-14-8-10-21-17(12-14)18(23)22-16-7-6-13(2)11-15(16)19/h6-8,10-12H,3-5,9H2,1-2H3,(H,20,21)(H,22,23). The van der Waals surface area contributed by atoms with E-state index in [0.29, 0.717) is 5.69 Å². The third kappa shape index (κ3) is 5.36. The van der Waals surface area contributed by atoms with Gasteiger partial charge in [0.1, 0.15) is 5.69 Å². The highest BCUT2D eigenvalue weighted by Crippen LogP contribution is 2.24. The van der Waals surface area contributed by atoms with Crippen molar-refractivity contribution < 1.29 is 4.79 Å². The van der Waals surface area contributed by atoms with Crippen molar-refractivity contribution in [2.75, 3.05) is 17.2 Å². The van der Waals surface area contributed by atoms with Crippen LogP contribution in [0.4, 0.5) is 11.4 Å². The van der Waals surface area contributed by atoms with Crippen molar-refractivity contribution in [1.29, 1.82) is 0 Å². The monoisotopic (exact) mass is 375 g/mol. The molecule has 2 N–H and O–H groups in total. The molecule has 2 rings (SSSR count). The Morgan fingerprint density at radius 1 is 1.22 bits per heavy atom. The fourth-order valence-electron chi connectivity index (χ4n) is 2.18. The average Bonchev–Trinajstić information content (AvgIpc) is 2.54. The minimum Gasteiger partial charge on any atom is -0.385 e. The van der Waals surface area contributed by atoms with Gasteiger partial charge in [0.25, 0.3) is 5.91 Å². The lowest BCUT2D eigenvalue weighted by Gasteiger charge is -2.10. The Balaban J connectivity index is 2.01. The number of unbranched alkanes of at least 4 members (excludes halogenated alkanes) is 2. The molecule has 0 fully saturated rings. The first-order valence-electron chi connectivity index (χ1n) is 7.87. The van der Waals surface area contributed by atoms with Gasteiger partial charge in [0.2, 0.25) is 0 Å². The zero-order chi connectivity index (χ0) is 16.7. The maximum Gasteiger partial charge on any atom is 0.274 e. The van der Waals surface area contributed by atoms with Crippen molar-refractivity contribution in [2.45, 2.75) is 33.1 Å². The summed E-state index contributed by atoms with van der Waals surface area (Å²) in [6.07, 6.45) is 5.17. The Bertz CT molecular complexity index is 673. The van der Waals surface area contributed by atoms with Crippen molar-refractivity contribution in [3.63, 3.8) is 0 Å². The Labute approximate surface area is 145 Å². The van der Waals surface area contributed by atoms with Gasteiger partial charge < -0.3 is 10.6 Å². The van der Waals surface area contributed by atoms with E-state index in [2.05, 4.69) is 38.5 Å². The van der Waals surface area contributed by atoms with Gasteiger partial charge in [-0.2, -0.15) is 0 Å². The second-order valence-electron chi connectivity index (χ2n) is 5.50. The molecule has 1 aromatic carbocycles. The van der Waals surface area contributed by atoms with E-state index >= 15 is 0 Å². The highest BCUT2D eigenvalue weighted by molar-refractivity contribution is 9.10. The summed E-state index contributed by atoms with van der Waals surface area (Å²) >= 11 is 3.46. The SMILES string of the molecule is CCCCCNc1ccnc(C(=O)Nc2ccc(C)cc2Br)c1. The Kier molecular flexibility index (Phi) is 6.59. The summed E-state index contributed by atoms with van der Waals surface area (Å²) in [6.45, 7) is 5.09. The Morgan fingerprint density at radius 3 is 2.78 bits per heavy atom. The van der Waals surface area contributed by atoms with Crippen LogP contribution in [0.1, 0.15) is 42.2 Å². The van der Waals surface area contributed by atoms with E-state index in [1.165, 1.54) is 12.8 Å². The zero-order valence-corrected chi connectivity index (χ0v) is 15.1. The van der Waals surface area contributed by atoms with E-state index < -0.39 is 0 Å². The van der Waals surface area contributed by atoms with Crippen LogP contribution in [0.2, 0.25) is 0 Å². The smallest absolute Gasteiger partial charge is 0.274 e. The first-order valence-corrected chi connectivity index (χ1v) is 8.67. The maximum atomic E-state index is 12.4. The van der Waals surface area contributed by atoms with Crippen LogP contribution in [0.5, 0.6) is 0 Å². The van der Waals surface area contributed by atoms with Gasteiger partial charge in [-0.05, 0) is 59.1 Å². The average molecular weight is 376 g/mol. The number of hydrogen-bond acceptors (Lipinski definition) is 3. The van der Waals surface area contributed by atoms with E-state index in [-0.39, 0.29) is 5.91 Å². The molecule has 0 radical (unpaired) electrons. The van der Waals surface area contributed by atoms with Crippen molar-refractivity contribution in [3.05, 3.63) is 52.3 Å². The number of carbonyl (C=O) groups is 1. The molecule has 0 unspecified atom stereocenters. The fourth-order valence-corrected chi connectivity index (χ4v) is 2.77. The molecule has 0 spiro atoms. The number of benzene rings is 1. The van der Waals surface area contributed by atoms with E-state index in [1.54, 1.807) is 12.3 Å². The maximum absolute atomic E-state index is 12.4. The molecule has 0 saturated heterocycles.